The summed E-state index contributed by atoms with van der Waals surface area (Å²) in [5.41, 5.74) is 2.02. The van der Waals surface area contributed by atoms with Crippen LogP contribution < -0.4 is 19.1 Å². The molecule has 44 heavy (non-hydrogen) atoms. The molecule has 2 aliphatic heterocycles. The van der Waals surface area contributed by atoms with Crippen LogP contribution in [-0.2, 0) is 20.7 Å². The lowest BCUT2D eigenvalue weighted by Gasteiger charge is -2.24. The number of benzene rings is 2. The SMILES string of the molecule is CCOc1cc([C@@H]2/C(=C(\O)c3ccc4c(c3)C[C@@H](C)O4)C(=O)C(=O)N2c2nc(C)c(C(=O)OC)s2)ccc1OCCC(C)C. The molecular weight excluding hydrogens is 584 g/mol. The number of ketones is 1. The molecular formula is C33H36N2O8S. The zero-order valence-electron chi connectivity index (χ0n) is 25.6. The van der Waals surface area contributed by atoms with Crippen molar-refractivity contribution < 1.29 is 38.4 Å². The third kappa shape index (κ3) is 5.88. The van der Waals surface area contributed by atoms with Crippen molar-refractivity contribution in [3.63, 3.8) is 0 Å². The largest absolute Gasteiger partial charge is 0.507 e. The summed E-state index contributed by atoms with van der Waals surface area (Å²) in [5, 5.41) is 11.8. The molecule has 0 saturated carbocycles. The Morgan fingerprint density at radius 3 is 2.64 bits per heavy atom. The van der Waals surface area contributed by atoms with Crippen LogP contribution in [0.4, 0.5) is 5.13 Å². The number of aliphatic hydroxyl groups is 1. The van der Waals surface area contributed by atoms with Gasteiger partial charge in [0.2, 0.25) is 0 Å². The Labute approximate surface area is 260 Å². The molecule has 0 unspecified atom stereocenters. The molecule has 5 rings (SSSR count). The summed E-state index contributed by atoms with van der Waals surface area (Å²) in [5.74, 6) is -0.544. The Balaban J connectivity index is 1.66. The maximum Gasteiger partial charge on any atom is 0.350 e. The predicted molar refractivity (Wildman–Crippen MR) is 166 cm³/mol. The van der Waals surface area contributed by atoms with Crippen molar-refractivity contribution in [2.24, 2.45) is 5.92 Å². The van der Waals surface area contributed by atoms with Gasteiger partial charge >= 0.3 is 11.9 Å². The highest BCUT2D eigenvalue weighted by atomic mass is 32.1. The minimum atomic E-state index is -1.07. The maximum atomic E-state index is 13.7. The number of carbonyl (C=O) groups is 3. The molecule has 2 atom stereocenters. The number of esters is 1. The molecule has 1 fully saturated rings. The summed E-state index contributed by atoms with van der Waals surface area (Å²) >= 11 is 0.942. The lowest BCUT2D eigenvalue weighted by molar-refractivity contribution is -0.132. The highest BCUT2D eigenvalue weighted by Crippen LogP contribution is 2.46. The standard InChI is InChI=1S/C33H36N2O8S/c1-7-41-25-16-20(8-11-24(25)42-13-12-17(2)3)27-26(28(36)21-9-10-23-22(15-21)14-18(4)43-23)29(37)31(38)35(27)33-34-19(5)30(44-33)32(39)40-6/h8-11,15-18,27,36H,7,12-14H2,1-6H3/b28-26+/t18-,27-/m1/s1. The van der Waals surface area contributed by atoms with E-state index in [2.05, 4.69) is 18.8 Å². The normalized spacial score (nSPS) is 18.8. The lowest BCUT2D eigenvalue weighted by Crippen LogP contribution is -2.29. The zero-order valence-corrected chi connectivity index (χ0v) is 26.4. The van der Waals surface area contributed by atoms with Crippen LogP contribution in [0.2, 0.25) is 0 Å². The summed E-state index contributed by atoms with van der Waals surface area (Å²) < 4.78 is 22.6. The first-order valence-corrected chi connectivity index (χ1v) is 15.4. The molecule has 3 heterocycles. The molecule has 2 aromatic carbocycles. The number of Topliss-reactive ketones (excluding diaryl/α,β-unsaturated/α-hetero) is 1. The lowest BCUT2D eigenvalue weighted by atomic mass is 9.94. The van der Waals surface area contributed by atoms with Crippen molar-refractivity contribution in [2.75, 3.05) is 25.2 Å². The summed E-state index contributed by atoms with van der Waals surface area (Å²) in [6.45, 7) is 10.5. The summed E-state index contributed by atoms with van der Waals surface area (Å²) in [6.07, 6.45) is 1.49. The number of thiazole rings is 1. The average molecular weight is 621 g/mol. The molecule has 1 aromatic heterocycles. The van der Waals surface area contributed by atoms with Crippen LogP contribution in [0.25, 0.3) is 5.76 Å². The van der Waals surface area contributed by atoms with E-state index in [1.165, 1.54) is 12.0 Å². The Hall–Kier alpha value is -4.38. The van der Waals surface area contributed by atoms with E-state index < -0.39 is 23.7 Å². The van der Waals surface area contributed by atoms with Crippen molar-refractivity contribution in [3.8, 4) is 17.2 Å². The van der Waals surface area contributed by atoms with Crippen LogP contribution in [0.3, 0.4) is 0 Å². The van der Waals surface area contributed by atoms with E-state index in [1.807, 2.05) is 13.8 Å². The van der Waals surface area contributed by atoms with Crippen LogP contribution in [0.5, 0.6) is 17.2 Å². The molecule has 3 aromatic rings. The smallest absolute Gasteiger partial charge is 0.350 e. The van der Waals surface area contributed by atoms with E-state index >= 15 is 0 Å². The number of aromatic nitrogens is 1. The van der Waals surface area contributed by atoms with Crippen LogP contribution in [0.15, 0.2) is 42.0 Å². The Kier molecular flexibility index (Phi) is 8.96. The molecule has 1 saturated heterocycles. The topological polar surface area (TPSA) is 124 Å². The van der Waals surface area contributed by atoms with E-state index in [9.17, 15) is 19.5 Å². The molecule has 1 N–H and O–H groups in total. The number of fused-ring (bicyclic) bond motifs is 1. The maximum absolute atomic E-state index is 13.7. The van der Waals surface area contributed by atoms with Crippen molar-refractivity contribution in [3.05, 3.63) is 69.2 Å². The number of aryl methyl sites for hydroxylation is 1. The minimum Gasteiger partial charge on any atom is -0.507 e. The van der Waals surface area contributed by atoms with E-state index in [4.69, 9.17) is 18.9 Å². The van der Waals surface area contributed by atoms with Crippen LogP contribution >= 0.6 is 11.3 Å². The number of methoxy groups -OCH3 is 1. The van der Waals surface area contributed by atoms with E-state index in [0.717, 1.165) is 23.3 Å². The number of hydrogen-bond donors (Lipinski definition) is 1. The van der Waals surface area contributed by atoms with Gasteiger partial charge in [-0.3, -0.25) is 14.5 Å². The van der Waals surface area contributed by atoms with Gasteiger partial charge in [0.15, 0.2) is 16.6 Å². The van der Waals surface area contributed by atoms with E-state index in [-0.39, 0.29) is 27.4 Å². The van der Waals surface area contributed by atoms with Gasteiger partial charge in [-0.2, -0.15) is 0 Å². The number of nitrogens with zero attached hydrogens (tertiary/aromatic N) is 2. The second-order valence-corrected chi connectivity index (χ2v) is 12.2. The quantitative estimate of drug-likeness (QED) is 0.126. The number of amides is 1. The third-order valence-corrected chi connectivity index (χ3v) is 8.65. The van der Waals surface area contributed by atoms with Crippen LogP contribution in [-0.4, -0.2) is 54.2 Å². The minimum absolute atomic E-state index is 0.0108. The van der Waals surface area contributed by atoms with E-state index in [1.54, 1.807) is 43.3 Å². The molecule has 0 bridgehead atoms. The first kappa shape index (κ1) is 31.1. The highest BCUT2D eigenvalue weighted by molar-refractivity contribution is 7.17. The number of anilines is 1. The number of hydrogen-bond acceptors (Lipinski definition) is 10. The number of rotatable bonds is 10. The van der Waals surface area contributed by atoms with Gasteiger partial charge in [0.05, 0.1) is 37.6 Å². The fourth-order valence-corrected chi connectivity index (χ4v) is 6.34. The average Bonchev–Trinajstić information content (AvgIpc) is 3.64. The highest BCUT2D eigenvalue weighted by Gasteiger charge is 2.49. The molecule has 10 nitrogen and oxygen atoms in total. The summed E-state index contributed by atoms with van der Waals surface area (Å²) in [6, 6.07) is 9.31. The van der Waals surface area contributed by atoms with Gasteiger partial charge < -0.3 is 24.1 Å². The van der Waals surface area contributed by atoms with Crippen molar-refractivity contribution in [2.45, 2.75) is 59.6 Å². The van der Waals surface area contributed by atoms with Gasteiger partial charge in [0, 0.05) is 12.0 Å². The third-order valence-electron chi connectivity index (χ3n) is 7.51. The van der Waals surface area contributed by atoms with Gasteiger partial charge in [-0.15, -0.1) is 0 Å². The number of ether oxygens (including phenoxy) is 4. The van der Waals surface area contributed by atoms with Crippen LogP contribution in [0.1, 0.15) is 72.2 Å². The summed E-state index contributed by atoms with van der Waals surface area (Å²) in [4.78, 5) is 45.8. The van der Waals surface area contributed by atoms with Crippen molar-refractivity contribution >= 4 is 39.9 Å². The molecule has 11 heteroatoms. The van der Waals surface area contributed by atoms with Gasteiger partial charge in [-0.1, -0.05) is 31.3 Å². The summed E-state index contributed by atoms with van der Waals surface area (Å²) in [7, 11) is 1.26. The second kappa shape index (κ2) is 12.7. The van der Waals surface area contributed by atoms with E-state index in [0.29, 0.717) is 59.6 Å². The molecule has 2 aliphatic rings. The zero-order chi connectivity index (χ0) is 31.7. The van der Waals surface area contributed by atoms with Gasteiger partial charge in [0.1, 0.15) is 22.5 Å². The molecule has 232 valence electrons. The molecule has 0 radical (unpaired) electrons. The number of carbonyl (C=O) groups excluding carboxylic acids is 3. The predicted octanol–water partition coefficient (Wildman–Crippen LogP) is 6.01. The van der Waals surface area contributed by atoms with Crippen molar-refractivity contribution in [1.82, 2.24) is 4.98 Å². The molecule has 0 spiro atoms. The number of aliphatic hydroxyl groups excluding tert-OH is 1. The second-order valence-electron chi connectivity index (χ2n) is 11.2. The van der Waals surface area contributed by atoms with Crippen LogP contribution in [0, 0.1) is 12.8 Å². The molecule has 0 aliphatic carbocycles. The first-order valence-electron chi connectivity index (χ1n) is 14.6. The molecule has 1 amide bonds. The van der Waals surface area contributed by atoms with Gasteiger partial charge in [0.25, 0.3) is 5.78 Å². The Morgan fingerprint density at radius 1 is 1.16 bits per heavy atom. The van der Waals surface area contributed by atoms with Gasteiger partial charge in [-0.05, 0) is 74.6 Å². The van der Waals surface area contributed by atoms with Gasteiger partial charge in [-0.25, -0.2) is 9.78 Å². The fraction of sp³-hybridized carbons (Fsp3) is 0.394. The first-order chi connectivity index (χ1) is 21.0. The monoisotopic (exact) mass is 620 g/mol. The van der Waals surface area contributed by atoms with Crippen molar-refractivity contribution in [1.29, 1.82) is 0 Å². The Morgan fingerprint density at radius 2 is 1.93 bits per heavy atom. The Bertz CT molecular complexity index is 1640. The fourth-order valence-electron chi connectivity index (χ4n) is 5.32.